The molecule has 0 radical (unpaired) electrons. The van der Waals surface area contributed by atoms with Gasteiger partial charge in [0.2, 0.25) is 10.0 Å². The van der Waals surface area contributed by atoms with Gasteiger partial charge < -0.3 is 4.74 Å². The van der Waals surface area contributed by atoms with Gasteiger partial charge in [-0.15, -0.1) is 11.3 Å². The molecule has 2 heterocycles. The van der Waals surface area contributed by atoms with E-state index in [1.54, 1.807) is 10.4 Å². The third kappa shape index (κ3) is 4.41. The Kier molecular flexibility index (Phi) is 5.78. The van der Waals surface area contributed by atoms with E-state index in [2.05, 4.69) is 4.90 Å². The van der Waals surface area contributed by atoms with Crippen LogP contribution in [-0.4, -0.2) is 57.0 Å². The molecule has 0 unspecified atom stereocenters. The highest BCUT2D eigenvalue weighted by atomic mass is 32.2. The smallest absolute Gasteiger partial charge is 0.244 e. The summed E-state index contributed by atoms with van der Waals surface area (Å²) in [4.78, 5) is 4.63. The maximum Gasteiger partial charge on any atom is 0.244 e. The molecular formula is C18H24N2O3S2. The van der Waals surface area contributed by atoms with E-state index in [-0.39, 0.29) is 0 Å². The van der Waals surface area contributed by atoms with Crippen molar-refractivity contribution in [3.63, 3.8) is 0 Å². The van der Waals surface area contributed by atoms with Crippen molar-refractivity contribution >= 4 is 21.4 Å². The second-order valence-electron chi connectivity index (χ2n) is 6.18. The quantitative estimate of drug-likeness (QED) is 0.773. The summed E-state index contributed by atoms with van der Waals surface area (Å²) >= 11 is 1.54. The Balaban J connectivity index is 1.51. The van der Waals surface area contributed by atoms with Crippen LogP contribution in [-0.2, 0) is 10.0 Å². The fourth-order valence-electron chi connectivity index (χ4n) is 3.01. The van der Waals surface area contributed by atoms with Crippen molar-refractivity contribution in [3.05, 3.63) is 46.2 Å². The molecule has 1 aromatic heterocycles. The van der Waals surface area contributed by atoms with E-state index < -0.39 is 10.0 Å². The first kappa shape index (κ1) is 18.4. The Labute approximate surface area is 153 Å². The van der Waals surface area contributed by atoms with Gasteiger partial charge in [0.15, 0.2) is 0 Å². The number of nitrogens with zero attached hydrogens (tertiary/aromatic N) is 2. The Morgan fingerprint density at radius 3 is 2.36 bits per heavy atom. The zero-order valence-corrected chi connectivity index (χ0v) is 16.3. The van der Waals surface area contributed by atoms with Crippen molar-refractivity contribution in [2.75, 3.05) is 39.3 Å². The first-order valence-corrected chi connectivity index (χ1v) is 10.7. The molecule has 7 heteroatoms. The molecule has 1 fully saturated rings. The number of ether oxygens (including phenoxy) is 1. The van der Waals surface area contributed by atoms with E-state index in [9.17, 15) is 8.42 Å². The van der Waals surface area contributed by atoms with E-state index in [1.807, 2.05) is 44.2 Å². The zero-order valence-electron chi connectivity index (χ0n) is 14.6. The molecule has 25 heavy (non-hydrogen) atoms. The topological polar surface area (TPSA) is 49.9 Å². The molecule has 0 saturated carbocycles. The van der Waals surface area contributed by atoms with Gasteiger partial charge in [0.25, 0.3) is 0 Å². The molecule has 0 bridgehead atoms. The molecule has 0 aliphatic carbocycles. The van der Waals surface area contributed by atoms with Crippen molar-refractivity contribution in [3.8, 4) is 5.75 Å². The second kappa shape index (κ2) is 7.86. The lowest BCUT2D eigenvalue weighted by Crippen LogP contribution is -2.49. The van der Waals surface area contributed by atoms with Crippen LogP contribution in [0.4, 0.5) is 0 Å². The molecule has 1 aliphatic heterocycles. The normalized spacial score (nSPS) is 16.9. The van der Waals surface area contributed by atoms with Crippen LogP contribution in [0.1, 0.15) is 9.75 Å². The number of benzene rings is 1. The van der Waals surface area contributed by atoms with E-state index >= 15 is 0 Å². The standard InChI is InChI=1S/C18H24N2O3S2/c1-15-14-18(16(2)24-15)25(21,22)20-10-8-19(9-11-20)12-13-23-17-6-4-3-5-7-17/h3-7,14H,8-13H2,1-2H3. The SMILES string of the molecule is Cc1cc(S(=O)(=O)N2CCN(CCOc3ccccc3)CC2)c(C)s1. The van der Waals surface area contributed by atoms with Crippen LogP contribution < -0.4 is 4.74 Å². The molecule has 1 aromatic carbocycles. The lowest BCUT2D eigenvalue weighted by atomic mass is 10.3. The van der Waals surface area contributed by atoms with Crippen LogP contribution in [0.5, 0.6) is 5.75 Å². The van der Waals surface area contributed by atoms with E-state index in [4.69, 9.17) is 4.74 Å². The minimum Gasteiger partial charge on any atom is -0.492 e. The number of thiophene rings is 1. The summed E-state index contributed by atoms with van der Waals surface area (Å²) in [6.45, 7) is 7.77. The highest BCUT2D eigenvalue weighted by Crippen LogP contribution is 2.28. The first-order chi connectivity index (χ1) is 12.0. The molecular weight excluding hydrogens is 356 g/mol. The van der Waals surface area contributed by atoms with Gasteiger partial charge in [-0.25, -0.2) is 8.42 Å². The van der Waals surface area contributed by atoms with Gasteiger partial charge in [-0.2, -0.15) is 4.31 Å². The Bertz CT molecular complexity index is 795. The summed E-state index contributed by atoms with van der Waals surface area (Å²) in [6.07, 6.45) is 0. The van der Waals surface area contributed by atoms with Gasteiger partial charge in [-0.1, -0.05) is 18.2 Å². The fraction of sp³-hybridized carbons (Fsp3) is 0.444. The minimum atomic E-state index is -3.37. The average Bonchev–Trinajstić information content (AvgIpc) is 2.95. The molecule has 0 spiro atoms. The van der Waals surface area contributed by atoms with E-state index in [1.165, 1.54) is 11.3 Å². The molecule has 3 rings (SSSR count). The fourth-order valence-corrected chi connectivity index (χ4v) is 5.95. The van der Waals surface area contributed by atoms with Gasteiger partial charge in [-0.05, 0) is 32.0 Å². The molecule has 5 nitrogen and oxygen atoms in total. The number of piperazine rings is 1. The predicted molar refractivity (Wildman–Crippen MR) is 101 cm³/mol. The largest absolute Gasteiger partial charge is 0.492 e. The van der Waals surface area contributed by atoms with Gasteiger partial charge in [0.1, 0.15) is 12.4 Å². The second-order valence-corrected chi connectivity index (χ2v) is 9.55. The highest BCUT2D eigenvalue weighted by Gasteiger charge is 2.30. The van der Waals surface area contributed by atoms with Crippen molar-refractivity contribution in [2.24, 2.45) is 0 Å². The minimum absolute atomic E-state index is 0.468. The summed E-state index contributed by atoms with van der Waals surface area (Å²) in [5, 5.41) is 0. The number of hydrogen-bond acceptors (Lipinski definition) is 5. The average molecular weight is 381 g/mol. The number of sulfonamides is 1. The van der Waals surface area contributed by atoms with Crippen molar-refractivity contribution in [2.45, 2.75) is 18.7 Å². The van der Waals surface area contributed by atoms with Gasteiger partial charge in [0.05, 0.1) is 4.90 Å². The summed E-state index contributed by atoms with van der Waals surface area (Å²) in [7, 11) is -3.37. The van der Waals surface area contributed by atoms with Crippen LogP contribution >= 0.6 is 11.3 Å². The predicted octanol–water partition coefficient (Wildman–Crippen LogP) is 2.75. The Morgan fingerprint density at radius 1 is 1.08 bits per heavy atom. The van der Waals surface area contributed by atoms with Gasteiger partial charge >= 0.3 is 0 Å². The third-order valence-electron chi connectivity index (χ3n) is 4.36. The summed E-state index contributed by atoms with van der Waals surface area (Å²) in [6, 6.07) is 11.5. The van der Waals surface area contributed by atoms with Crippen molar-refractivity contribution in [1.29, 1.82) is 0 Å². The van der Waals surface area contributed by atoms with Crippen LogP contribution in [0.25, 0.3) is 0 Å². The summed E-state index contributed by atoms with van der Waals surface area (Å²) in [5.41, 5.74) is 0. The lowest BCUT2D eigenvalue weighted by molar-refractivity contribution is 0.159. The molecule has 0 atom stereocenters. The van der Waals surface area contributed by atoms with E-state index in [0.717, 1.165) is 35.1 Å². The lowest BCUT2D eigenvalue weighted by Gasteiger charge is -2.33. The number of para-hydroxylation sites is 1. The van der Waals surface area contributed by atoms with E-state index in [0.29, 0.717) is 24.6 Å². The number of aryl methyl sites for hydroxylation is 2. The highest BCUT2D eigenvalue weighted by molar-refractivity contribution is 7.89. The van der Waals surface area contributed by atoms with Crippen molar-refractivity contribution < 1.29 is 13.2 Å². The molecule has 1 saturated heterocycles. The molecule has 2 aromatic rings. The molecule has 136 valence electrons. The molecule has 0 N–H and O–H groups in total. The maximum atomic E-state index is 12.8. The monoisotopic (exact) mass is 380 g/mol. The Morgan fingerprint density at radius 2 is 1.76 bits per heavy atom. The van der Waals surface area contributed by atoms with Crippen LogP contribution in [0, 0.1) is 13.8 Å². The van der Waals surface area contributed by atoms with Crippen LogP contribution in [0.2, 0.25) is 0 Å². The summed E-state index contributed by atoms with van der Waals surface area (Å²) in [5.74, 6) is 0.868. The van der Waals surface area contributed by atoms with Crippen molar-refractivity contribution in [1.82, 2.24) is 9.21 Å². The molecule has 1 aliphatic rings. The van der Waals surface area contributed by atoms with Gasteiger partial charge in [0, 0.05) is 42.5 Å². The maximum absolute atomic E-state index is 12.8. The molecule has 0 amide bonds. The zero-order chi connectivity index (χ0) is 17.9. The number of hydrogen-bond donors (Lipinski definition) is 0. The van der Waals surface area contributed by atoms with Crippen LogP contribution in [0.15, 0.2) is 41.3 Å². The first-order valence-electron chi connectivity index (χ1n) is 8.44. The van der Waals surface area contributed by atoms with Gasteiger partial charge in [-0.3, -0.25) is 4.90 Å². The Hall–Kier alpha value is -1.41. The number of rotatable bonds is 6. The summed E-state index contributed by atoms with van der Waals surface area (Å²) < 4.78 is 33.0. The third-order valence-corrected chi connectivity index (χ3v) is 7.48. The van der Waals surface area contributed by atoms with Crippen LogP contribution in [0.3, 0.4) is 0 Å².